The average Bonchev–Trinajstić information content (AvgIpc) is 2.62. The highest BCUT2D eigenvalue weighted by molar-refractivity contribution is 6.00. The number of rotatable bonds is 3. The Morgan fingerprint density at radius 2 is 2.25 bits per heavy atom. The molecule has 1 aliphatic rings. The lowest BCUT2D eigenvalue weighted by molar-refractivity contribution is -0.384. The van der Waals surface area contributed by atoms with Crippen molar-refractivity contribution in [3.63, 3.8) is 0 Å². The maximum Gasteiger partial charge on any atom is 0.270 e. The van der Waals surface area contributed by atoms with Gasteiger partial charge in [0.25, 0.3) is 5.69 Å². The second kappa shape index (κ2) is 6.00. The molecule has 0 N–H and O–H groups in total. The number of anilines is 1. The first-order valence-electron chi connectivity index (χ1n) is 6.65. The second-order valence-electron chi connectivity index (χ2n) is 5.00. The van der Waals surface area contributed by atoms with Crippen molar-refractivity contribution in [3.8, 4) is 0 Å². The topological polar surface area (TPSA) is 72.7 Å². The second-order valence-corrected chi connectivity index (χ2v) is 5.00. The van der Waals surface area contributed by atoms with Crippen LogP contribution in [0.3, 0.4) is 0 Å². The summed E-state index contributed by atoms with van der Waals surface area (Å²) in [6, 6.07) is 4.46. The zero-order valence-electron chi connectivity index (χ0n) is 11.7. The molecule has 0 spiro atoms. The highest BCUT2D eigenvalue weighted by Crippen LogP contribution is 2.27. The third-order valence-electron chi connectivity index (χ3n) is 3.36. The van der Waals surface area contributed by atoms with Crippen LogP contribution in [0.5, 0.6) is 0 Å². The molecule has 0 aliphatic carbocycles. The van der Waals surface area contributed by atoms with Gasteiger partial charge >= 0.3 is 0 Å². The van der Waals surface area contributed by atoms with Gasteiger partial charge in [-0.05, 0) is 26.3 Å². The number of Topliss-reactive ketones (excluding diaryl/α,β-unsaturated/α-hetero) is 1. The van der Waals surface area contributed by atoms with Crippen LogP contribution in [0.1, 0.15) is 30.6 Å². The van der Waals surface area contributed by atoms with E-state index in [9.17, 15) is 14.9 Å². The number of ether oxygens (including phenoxy) is 1. The summed E-state index contributed by atoms with van der Waals surface area (Å²) in [4.78, 5) is 24.2. The number of hydrogen-bond acceptors (Lipinski definition) is 5. The van der Waals surface area contributed by atoms with Gasteiger partial charge in [0.1, 0.15) is 0 Å². The van der Waals surface area contributed by atoms with Gasteiger partial charge in [-0.1, -0.05) is 0 Å². The van der Waals surface area contributed by atoms with Crippen LogP contribution in [0.4, 0.5) is 11.4 Å². The predicted octanol–water partition coefficient (Wildman–Crippen LogP) is 2.41. The van der Waals surface area contributed by atoms with Gasteiger partial charge in [-0.25, -0.2) is 0 Å². The maximum absolute atomic E-state index is 11.8. The van der Waals surface area contributed by atoms with Gasteiger partial charge in [0.15, 0.2) is 5.78 Å². The summed E-state index contributed by atoms with van der Waals surface area (Å²) in [6.07, 6.45) is 0.950. The third kappa shape index (κ3) is 3.14. The average molecular weight is 278 g/mol. The van der Waals surface area contributed by atoms with Crippen LogP contribution in [0.15, 0.2) is 18.2 Å². The molecule has 1 heterocycles. The first-order valence-corrected chi connectivity index (χ1v) is 6.65. The number of ketones is 1. The zero-order chi connectivity index (χ0) is 14.7. The number of nitrogens with zero attached hydrogens (tertiary/aromatic N) is 2. The standard InChI is InChI=1S/C14H18N2O4/c1-10-9-15(6-3-7-20-10)14-5-4-12(16(18)19)8-13(14)11(2)17/h4-5,8,10H,3,6-7,9H2,1-2H3. The van der Waals surface area contributed by atoms with Gasteiger partial charge in [-0.2, -0.15) is 0 Å². The van der Waals surface area contributed by atoms with E-state index in [4.69, 9.17) is 4.74 Å². The van der Waals surface area contributed by atoms with E-state index >= 15 is 0 Å². The fraction of sp³-hybridized carbons (Fsp3) is 0.500. The molecule has 0 amide bonds. The normalized spacial score (nSPS) is 19.5. The quantitative estimate of drug-likeness (QED) is 0.482. The monoisotopic (exact) mass is 278 g/mol. The number of non-ortho nitro benzene ring substituents is 1. The van der Waals surface area contributed by atoms with Crippen molar-refractivity contribution in [3.05, 3.63) is 33.9 Å². The molecule has 0 bridgehead atoms. The Hall–Kier alpha value is -1.95. The Kier molecular flexibility index (Phi) is 4.34. The van der Waals surface area contributed by atoms with Crippen LogP contribution >= 0.6 is 0 Å². The summed E-state index contributed by atoms with van der Waals surface area (Å²) in [5.74, 6) is -0.165. The smallest absolute Gasteiger partial charge is 0.270 e. The van der Waals surface area contributed by atoms with Crippen molar-refractivity contribution < 1.29 is 14.5 Å². The van der Waals surface area contributed by atoms with Crippen LogP contribution in [-0.4, -0.2) is 36.5 Å². The predicted molar refractivity (Wildman–Crippen MR) is 75.3 cm³/mol. The SMILES string of the molecule is CC(=O)c1cc([N+](=O)[O-])ccc1N1CCCOC(C)C1. The fourth-order valence-corrected chi connectivity index (χ4v) is 2.41. The van der Waals surface area contributed by atoms with E-state index in [1.807, 2.05) is 6.92 Å². The van der Waals surface area contributed by atoms with E-state index in [0.29, 0.717) is 18.7 Å². The van der Waals surface area contributed by atoms with E-state index < -0.39 is 4.92 Å². The lowest BCUT2D eigenvalue weighted by Crippen LogP contribution is -2.31. The van der Waals surface area contributed by atoms with E-state index in [1.54, 1.807) is 6.07 Å². The molecule has 1 aromatic carbocycles. The molecule has 1 unspecified atom stereocenters. The summed E-state index contributed by atoms with van der Waals surface area (Å²) in [5, 5.41) is 10.8. The Morgan fingerprint density at radius 1 is 1.50 bits per heavy atom. The van der Waals surface area contributed by atoms with Gasteiger partial charge in [-0.3, -0.25) is 14.9 Å². The van der Waals surface area contributed by atoms with Gasteiger partial charge in [0.2, 0.25) is 0 Å². The molecular formula is C14H18N2O4. The molecule has 1 aromatic rings. The summed E-state index contributed by atoms with van der Waals surface area (Å²) >= 11 is 0. The number of carbonyl (C=O) groups is 1. The van der Waals surface area contributed by atoms with Crippen LogP contribution < -0.4 is 4.90 Å². The first-order chi connectivity index (χ1) is 9.49. The number of hydrogen-bond donors (Lipinski definition) is 0. The van der Waals surface area contributed by atoms with Crippen molar-refractivity contribution in [2.75, 3.05) is 24.6 Å². The Morgan fingerprint density at radius 3 is 2.90 bits per heavy atom. The van der Waals surface area contributed by atoms with E-state index in [2.05, 4.69) is 4.90 Å². The van der Waals surface area contributed by atoms with Crippen molar-refractivity contribution in [2.24, 2.45) is 0 Å². The summed E-state index contributed by atoms with van der Waals surface area (Å²) in [7, 11) is 0. The zero-order valence-corrected chi connectivity index (χ0v) is 11.7. The lowest BCUT2D eigenvalue weighted by atomic mass is 10.1. The summed E-state index contributed by atoms with van der Waals surface area (Å²) in [5.41, 5.74) is 1.09. The molecule has 1 aliphatic heterocycles. The molecule has 1 atom stereocenters. The van der Waals surface area contributed by atoms with Crippen molar-refractivity contribution in [1.82, 2.24) is 0 Å². The molecule has 2 rings (SSSR count). The van der Waals surface area contributed by atoms with Crippen molar-refractivity contribution in [2.45, 2.75) is 26.4 Å². The highest BCUT2D eigenvalue weighted by Gasteiger charge is 2.21. The Balaban J connectivity index is 2.39. The molecule has 108 valence electrons. The van der Waals surface area contributed by atoms with Crippen LogP contribution in [-0.2, 0) is 4.74 Å². The maximum atomic E-state index is 11.8. The highest BCUT2D eigenvalue weighted by atomic mass is 16.6. The molecule has 6 nitrogen and oxygen atoms in total. The minimum atomic E-state index is -0.482. The fourth-order valence-electron chi connectivity index (χ4n) is 2.41. The van der Waals surface area contributed by atoms with Crippen molar-refractivity contribution in [1.29, 1.82) is 0 Å². The molecule has 1 saturated heterocycles. The van der Waals surface area contributed by atoms with Gasteiger partial charge in [0, 0.05) is 43.1 Å². The third-order valence-corrected chi connectivity index (χ3v) is 3.36. The van der Waals surface area contributed by atoms with Crippen LogP contribution in [0, 0.1) is 10.1 Å². The van der Waals surface area contributed by atoms with Crippen molar-refractivity contribution >= 4 is 17.2 Å². The first kappa shape index (κ1) is 14.5. The van der Waals surface area contributed by atoms with E-state index in [1.165, 1.54) is 19.1 Å². The van der Waals surface area contributed by atoms with Gasteiger partial charge in [-0.15, -0.1) is 0 Å². The van der Waals surface area contributed by atoms with Crippen LogP contribution in [0.2, 0.25) is 0 Å². The van der Waals surface area contributed by atoms with Gasteiger partial charge in [0.05, 0.1) is 11.0 Å². The van der Waals surface area contributed by atoms with Gasteiger partial charge < -0.3 is 9.64 Å². The minimum absolute atomic E-state index is 0.0573. The minimum Gasteiger partial charge on any atom is -0.377 e. The number of nitro benzene ring substituents is 1. The Bertz CT molecular complexity index is 530. The molecular weight excluding hydrogens is 260 g/mol. The number of nitro groups is 1. The Labute approximate surface area is 117 Å². The number of benzene rings is 1. The summed E-state index contributed by atoms with van der Waals surface area (Å²) < 4.78 is 5.58. The van der Waals surface area contributed by atoms with Crippen LogP contribution in [0.25, 0.3) is 0 Å². The molecule has 0 saturated carbocycles. The lowest BCUT2D eigenvalue weighted by Gasteiger charge is -2.26. The molecule has 0 aromatic heterocycles. The van der Waals surface area contributed by atoms with E-state index in [-0.39, 0.29) is 17.6 Å². The molecule has 0 radical (unpaired) electrons. The number of carbonyl (C=O) groups excluding carboxylic acids is 1. The summed E-state index contributed by atoms with van der Waals surface area (Å²) in [6.45, 7) is 5.57. The molecule has 6 heteroatoms. The largest absolute Gasteiger partial charge is 0.377 e. The molecule has 1 fully saturated rings. The molecule has 20 heavy (non-hydrogen) atoms. The van der Waals surface area contributed by atoms with E-state index in [0.717, 1.165) is 18.7 Å².